The fraction of sp³-hybridized carbons (Fsp3) is 0.235. The Morgan fingerprint density at radius 2 is 1.62 bits per heavy atom. The van der Waals surface area contributed by atoms with Gasteiger partial charge < -0.3 is 15.6 Å². The maximum absolute atomic E-state index is 11.6. The van der Waals surface area contributed by atoms with Crippen molar-refractivity contribution in [2.45, 2.75) is 24.2 Å². The summed E-state index contributed by atoms with van der Waals surface area (Å²) in [5, 5.41) is 9.52. The van der Waals surface area contributed by atoms with Crippen LogP contribution in [0.4, 0.5) is 0 Å². The van der Waals surface area contributed by atoms with Gasteiger partial charge in [-0.3, -0.25) is 0 Å². The lowest BCUT2D eigenvalue weighted by atomic mass is 9.79. The Morgan fingerprint density at radius 1 is 1.10 bits per heavy atom. The third-order valence-electron chi connectivity index (χ3n) is 4.24. The predicted octanol–water partition coefficient (Wildman–Crippen LogP) is 2.46. The number of nitrogens with two attached hydrogens (primary N) is 1. The Bertz CT molecular complexity index is 658. The van der Waals surface area contributed by atoms with Gasteiger partial charge in [0.15, 0.2) is 11.2 Å². The van der Waals surface area contributed by atoms with Crippen molar-refractivity contribution in [1.29, 1.82) is 0 Å². The van der Waals surface area contributed by atoms with E-state index in [4.69, 9.17) is 10.5 Å². The molecule has 3 atom stereocenters. The molecule has 0 aromatic heterocycles. The summed E-state index contributed by atoms with van der Waals surface area (Å²) in [7, 11) is 0. The third-order valence-corrected chi connectivity index (χ3v) is 4.24. The van der Waals surface area contributed by atoms with Crippen molar-refractivity contribution >= 4 is 5.97 Å². The lowest BCUT2D eigenvalue weighted by molar-refractivity contribution is -0.142. The van der Waals surface area contributed by atoms with Crippen molar-refractivity contribution < 1.29 is 14.6 Å². The van der Waals surface area contributed by atoms with Crippen LogP contribution >= 0.6 is 0 Å². The van der Waals surface area contributed by atoms with Gasteiger partial charge in [0, 0.05) is 0 Å². The fourth-order valence-electron chi connectivity index (χ4n) is 2.95. The Morgan fingerprint density at radius 3 is 2.10 bits per heavy atom. The molecule has 108 valence electrons. The molecule has 2 aromatic rings. The van der Waals surface area contributed by atoms with E-state index in [-0.39, 0.29) is 0 Å². The largest absolute Gasteiger partial charge is 0.479 e. The molecule has 0 unspecified atom stereocenters. The molecule has 21 heavy (non-hydrogen) atoms. The minimum absolute atomic E-state index is 0.554. The Kier molecular flexibility index (Phi) is 3.08. The van der Waals surface area contributed by atoms with E-state index < -0.39 is 23.2 Å². The molecule has 0 saturated carbocycles. The second-order valence-corrected chi connectivity index (χ2v) is 5.43. The number of epoxide rings is 1. The normalized spacial score (nSPS) is 28.9. The second-order valence-electron chi connectivity index (χ2n) is 5.43. The number of aliphatic carboxylic acids is 1. The maximum atomic E-state index is 11.6. The molecule has 2 aromatic carbocycles. The van der Waals surface area contributed by atoms with E-state index in [0.717, 1.165) is 11.1 Å². The van der Waals surface area contributed by atoms with Gasteiger partial charge in [-0.25, -0.2) is 4.79 Å². The molecular weight excluding hydrogens is 266 g/mol. The highest BCUT2D eigenvalue weighted by atomic mass is 16.7. The van der Waals surface area contributed by atoms with E-state index in [1.165, 1.54) is 0 Å². The molecule has 0 radical (unpaired) electrons. The lowest BCUT2D eigenvalue weighted by Gasteiger charge is -2.23. The van der Waals surface area contributed by atoms with Gasteiger partial charge in [-0.05, 0) is 18.1 Å². The van der Waals surface area contributed by atoms with Crippen LogP contribution in [0.25, 0.3) is 0 Å². The Balaban J connectivity index is 2.10. The van der Waals surface area contributed by atoms with Gasteiger partial charge in [-0.1, -0.05) is 60.7 Å². The van der Waals surface area contributed by atoms with E-state index in [2.05, 4.69) is 0 Å². The van der Waals surface area contributed by atoms with Crippen LogP contribution in [-0.4, -0.2) is 16.7 Å². The zero-order chi connectivity index (χ0) is 15.1. The quantitative estimate of drug-likeness (QED) is 0.845. The minimum atomic E-state index is -1.32. The highest BCUT2D eigenvalue weighted by Crippen LogP contribution is 2.61. The molecule has 0 bridgehead atoms. The van der Waals surface area contributed by atoms with Crippen LogP contribution in [0, 0.1) is 0 Å². The molecule has 4 heteroatoms. The molecule has 0 aliphatic carbocycles. The number of ether oxygens (including phenoxy) is 1. The van der Waals surface area contributed by atoms with Gasteiger partial charge in [-0.2, -0.15) is 0 Å². The molecule has 3 N–H and O–H groups in total. The average molecular weight is 283 g/mol. The molecule has 0 spiro atoms. The van der Waals surface area contributed by atoms with Gasteiger partial charge in [0.2, 0.25) is 0 Å². The maximum Gasteiger partial charge on any atom is 0.339 e. The van der Waals surface area contributed by atoms with Crippen molar-refractivity contribution in [3.05, 3.63) is 71.8 Å². The van der Waals surface area contributed by atoms with Crippen molar-refractivity contribution in [2.75, 3.05) is 0 Å². The third kappa shape index (κ3) is 1.87. The fourth-order valence-corrected chi connectivity index (χ4v) is 2.95. The first kappa shape index (κ1) is 13.8. The van der Waals surface area contributed by atoms with Crippen LogP contribution in [0.15, 0.2) is 60.7 Å². The number of carboxylic acid groups (broad SMARTS) is 1. The van der Waals surface area contributed by atoms with Crippen LogP contribution in [0.1, 0.15) is 24.1 Å². The first-order valence-corrected chi connectivity index (χ1v) is 6.82. The standard InChI is InChI=1S/C17H17NO3/c1-16(15(19)20)17(21-16,13-10-6-3-7-11-13)14(18)12-8-4-2-5-9-12/h2-11,14H,18H2,1H3,(H,19,20)/t14-,16+,17-/m0/s1. The number of carbonyl (C=O) groups is 1. The summed E-state index contributed by atoms with van der Waals surface area (Å²) < 4.78 is 5.73. The molecule has 1 aliphatic rings. The van der Waals surface area contributed by atoms with E-state index in [0.29, 0.717) is 0 Å². The van der Waals surface area contributed by atoms with Crippen LogP contribution in [0.3, 0.4) is 0 Å². The van der Waals surface area contributed by atoms with Gasteiger partial charge in [0.05, 0.1) is 6.04 Å². The zero-order valence-corrected chi connectivity index (χ0v) is 11.7. The van der Waals surface area contributed by atoms with Crippen LogP contribution in [-0.2, 0) is 15.1 Å². The summed E-state index contributed by atoms with van der Waals surface area (Å²) in [4.78, 5) is 11.6. The molecule has 1 aliphatic heterocycles. The summed E-state index contributed by atoms with van der Waals surface area (Å²) in [6.45, 7) is 1.57. The molecule has 1 fully saturated rings. The monoisotopic (exact) mass is 283 g/mol. The summed E-state index contributed by atoms with van der Waals surface area (Å²) >= 11 is 0. The first-order valence-electron chi connectivity index (χ1n) is 6.82. The SMILES string of the molecule is C[C@]1(C(=O)O)O[C@@]1(c1ccccc1)[C@@H](N)c1ccccc1. The van der Waals surface area contributed by atoms with Gasteiger partial charge in [0.1, 0.15) is 0 Å². The molecular formula is C17H17NO3. The first-order chi connectivity index (χ1) is 10.0. The molecule has 4 nitrogen and oxygen atoms in total. The topological polar surface area (TPSA) is 75.8 Å². The molecule has 1 saturated heterocycles. The second kappa shape index (κ2) is 4.69. The van der Waals surface area contributed by atoms with Crippen molar-refractivity contribution in [3.8, 4) is 0 Å². The predicted molar refractivity (Wildman–Crippen MR) is 78.6 cm³/mol. The Hall–Kier alpha value is -2.17. The summed E-state index contributed by atoms with van der Waals surface area (Å²) in [6.07, 6.45) is 0. The van der Waals surface area contributed by atoms with E-state index in [1.807, 2.05) is 60.7 Å². The Labute approximate surface area is 123 Å². The van der Waals surface area contributed by atoms with Crippen molar-refractivity contribution in [1.82, 2.24) is 0 Å². The number of benzene rings is 2. The number of carboxylic acids is 1. The number of hydrogen-bond donors (Lipinski definition) is 2. The smallest absolute Gasteiger partial charge is 0.339 e. The summed E-state index contributed by atoms with van der Waals surface area (Å²) in [5.41, 5.74) is 5.67. The van der Waals surface area contributed by atoms with E-state index >= 15 is 0 Å². The van der Waals surface area contributed by atoms with E-state index in [1.54, 1.807) is 6.92 Å². The van der Waals surface area contributed by atoms with Crippen LogP contribution in [0.5, 0.6) is 0 Å². The average Bonchev–Trinajstić information content (AvgIpc) is 3.17. The van der Waals surface area contributed by atoms with Crippen LogP contribution in [0.2, 0.25) is 0 Å². The van der Waals surface area contributed by atoms with Crippen LogP contribution < -0.4 is 5.73 Å². The molecule has 3 rings (SSSR count). The highest BCUT2D eigenvalue weighted by molar-refractivity contribution is 5.83. The number of hydrogen-bond acceptors (Lipinski definition) is 3. The zero-order valence-electron chi connectivity index (χ0n) is 11.7. The van der Waals surface area contributed by atoms with Crippen molar-refractivity contribution in [3.63, 3.8) is 0 Å². The van der Waals surface area contributed by atoms with Gasteiger partial charge >= 0.3 is 5.97 Å². The minimum Gasteiger partial charge on any atom is -0.479 e. The summed E-state index contributed by atoms with van der Waals surface area (Å²) in [5.74, 6) is -1.00. The summed E-state index contributed by atoms with van der Waals surface area (Å²) in [6, 6.07) is 18.2. The molecule has 1 heterocycles. The lowest BCUT2D eigenvalue weighted by Crippen LogP contribution is -2.38. The van der Waals surface area contributed by atoms with E-state index in [9.17, 15) is 9.90 Å². The molecule has 0 amide bonds. The number of rotatable bonds is 4. The highest BCUT2D eigenvalue weighted by Gasteiger charge is 2.75. The van der Waals surface area contributed by atoms with Gasteiger partial charge in [0.25, 0.3) is 0 Å². The van der Waals surface area contributed by atoms with Crippen molar-refractivity contribution in [2.24, 2.45) is 5.73 Å². The van der Waals surface area contributed by atoms with Gasteiger partial charge in [-0.15, -0.1) is 0 Å².